The van der Waals surface area contributed by atoms with Crippen molar-refractivity contribution in [2.75, 3.05) is 26.8 Å². The molecule has 168 valence electrons. The Morgan fingerprint density at radius 3 is 2.42 bits per heavy atom. The standard InChI is InChI=1S/C19H24N4O.C2HF3O2/c1-14-6-7-16(11-15(14)2)18-12-17(22-19(13-20)23-18)5-4-8-21-9-10-24-3;3-2(4,5)1(6)7/h6-7,11-12,21H,4-5,8-10H2,1-3H3;(H,6,7). The van der Waals surface area contributed by atoms with Crippen molar-refractivity contribution in [3.05, 3.63) is 46.9 Å². The first kappa shape index (κ1) is 26.0. The fourth-order valence-corrected chi connectivity index (χ4v) is 2.42. The van der Waals surface area contributed by atoms with Gasteiger partial charge in [0, 0.05) is 24.9 Å². The number of benzene rings is 1. The van der Waals surface area contributed by atoms with Crippen LogP contribution in [-0.4, -0.2) is 54.0 Å². The van der Waals surface area contributed by atoms with Crippen molar-refractivity contribution in [3.8, 4) is 17.3 Å². The fourth-order valence-electron chi connectivity index (χ4n) is 2.42. The first-order valence-electron chi connectivity index (χ1n) is 9.44. The predicted molar refractivity (Wildman–Crippen MR) is 108 cm³/mol. The number of nitrogens with zero attached hydrogens (tertiary/aromatic N) is 3. The number of aliphatic carboxylic acids is 1. The van der Waals surface area contributed by atoms with Crippen molar-refractivity contribution in [1.29, 1.82) is 5.26 Å². The molecule has 1 aromatic heterocycles. The molecule has 0 radical (unpaired) electrons. The fraction of sp³-hybridized carbons (Fsp3) is 0.429. The first-order valence-corrected chi connectivity index (χ1v) is 9.44. The summed E-state index contributed by atoms with van der Waals surface area (Å²) >= 11 is 0. The minimum absolute atomic E-state index is 0.230. The highest BCUT2D eigenvalue weighted by Gasteiger charge is 2.38. The molecule has 0 aliphatic rings. The summed E-state index contributed by atoms with van der Waals surface area (Å²) in [5.41, 5.74) is 5.20. The second-order valence-electron chi connectivity index (χ2n) is 6.63. The monoisotopic (exact) mass is 438 g/mol. The summed E-state index contributed by atoms with van der Waals surface area (Å²) in [4.78, 5) is 17.6. The molecule has 0 atom stereocenters. The molecule has 0 saturated carbocycles. The van der Waals surface area contributed by atoms with Gasteiger partial charge in [0.05, 0.1) is 12.3 Å². The number of hydrogen-bond donors (Lipinski definition) is 2. The molecule has 0 saturated heterocycles. The Morgan fingerprint density at radius 1 is 1.19 bits per heavy atom. The molecule has 0 spiro atoms. The third kappa shape index (κ3) is 9.55. The molecule has 0 aliphatic heterocycles. The molecule has 2 N–H and O–H groups in total. The number of methoxy groups -OCH3 is 1. The topological polar surface area (TPSA) is 108 Å². The maximum absolute atomic E-state index is 10.6. The largest absolute Gasteiger partial charge is 0.490 e. The number of carbonyl (C=O) groups is 1. The van der Waals surface area contributed by atoms with E-state index in [0.29, 0.717) is 6.61 Å². The quantitative estimate of drug-likeness (QED) is 0.608. The Hall–Kier alpha value is -3.03. The lowest BCUT2D eigenvalue weighted by molar-refractivity contribution is -0.192. The molecule has 10 heteroatoms. The van der Waals surface area contributed by atoms with Gasteiger partial charge in [0.1, 0.15) is 6.07 Å². The molecule has 0 amide bonds. The van der Waals surface area contributed by atoms with Gasteiger partial charge in [-0.15, -0.1) is 0 Å². The molecule has 31 heavy (non-hydrogen) atoms. The van der Waals surface area contributed by atoms with Crippen LogP contribution < -0.4 is 5.32 Å². The second-order valence-corrected chi connectivity index (χ2v) is 6.63. The van der Waals surface area contributed by atoms with Crippen molar-refractivity contribution < 1.29 is 27.8 Å². The summed E-state index contributed by atoms with van der Waals surface area (Å²) in [5, 5.41) is 19.6. The SMILES string of the molecule is COCCNCCCc1cc(-c2ccc(C)c(C)c2)nc(C#N)n1.O=C(O)C(F)(F)F. The molecule has 7 nitrogen and oxygen atoms in total. The van der Waals surface area contributed by atoms with Crippen LogP contribution in [0.1, 0.15) is 29.1 Å². The van der Waals surface area contributed by atoms with Gasteiger partial charge in [0.15, 0.2) is 0 Å². The molecule has 0 fully saturated rings. The third-order valence-corrected chi connectivity index (χ3v) is 4.19. The summed E-state index contributed by atoms with van der Waals surface area (Å²) in [5.74, 6) is -2.53. The normalized spacial score (nSPS) is 10.7. The van der Waals surface area contributed by atoms with Gasteiger partial charge in [-0.05, 0) is 56.5 Å². The molecule has 1 heterocycles. The number of rotatable bonds is 8. The number of halogens is 3. The van der Waals surface area contributed by atoms with Crippen LogP contribution in [0, 0.1) is 25.2 Å². The zero-order valence-corrected chi connectivity index (χ0v) is 17.6. The molecule has 0 bridgehead atoms. The van der Waals surface area contributed by atoms with Crippen LogP contribution in [0.15, 0.2) is 24.3 Å². The smallest absolute Gasteiger partial charge is 0.475 e. The van der Waals surface area contributed by atoms with E-state index in [-0.39, 0.29) is 5.82 Å². The lowest BCUT2D eigenvalue weighted by Gasteiger charge is -2.08. The molecule has 1 aromatic carbocycles. The minimum atomic E-state index is -5.08. The highest BCUT2D eigenvalue weighted by molar-refractivity contribution is 5.73. The van der Waals surface area contributed by atoms with Crippen LogP contribution in [0.5, 0.6) is 0 Å². The van der Waals surface area contributed by atoms with E-state index in [9.17, 15) is 18.4 Å². The van der Waals surface area contributed by atoms with Crippen molar-refractivity contribution >= 4 is 5.97 Å². The number of carboxylic acids is 1. The van der Waals surface area contributed by atoms with Crippen molar-refractivity contribution in [2.24, 2.45) is 0 Å². The third-order valence-electron chi connectivity index (χ3n) is 4.19. The van der Waals surface area contributed by atoms with Gasteiger partial charge in [0.25, 0.3) is 0 Å². The van der Waals surface area contributed by atoms with E-state index >= 15 is 0 Å². The van der Waals surface area contributed by atoms with E-state index in [1.54, 1.807) is 7.11 Å². The van der Waals surface area contributed by atoms with E-state index in [0.717, 1.165) is 42.9 Å². The lowest BCUT2D eigenvalue weighted by atomic mass is 10.0. The number of carboxylic acid groups (broad SMARTS) is 1. The number of nitrogens with one attached hydrogen (secondary N) is 1. The Kier molecular flexibility index (Phi) is 10.6. The molecule has 2 rings (SSSR count). The maximum Gasteiger partial charge on any atom is 0.490 e. The number of alkyl halides is 3. The number of aryl methyl sites for hydroxylation is 3. The van der Waals surface area contributed by atoms with Crippen LogP contribution in [0.2, 0.25) is 0 Å². The highest BCUT2D eigenvalue weighted by atomic mass is 19.4. The average molecular weight is 438 g/mol. The van der Waals surface area contributed by atoms with E-state index in [1.807, 2.05) is 12.1 Å². The predicted octanol–water partition coefficient (Wildman–Crippen LogP) is 3.43. The highest BCUT2D eigenvalue weighted by Crippen LogP contribution is 2.21. The van der Waals surface area contributed by atoms with E-state index < -0.39 is 12.1 Å². The van der Waals surface area contributed by atoms with E-state index in [2.05, 4.69) is 47.3 Å². The average Bonchev–Trinajstić information content (AvgIpc) is 2.72. The maximum atomic E-state index is 10.6. The molecule has 0 unspecified atom stereocenters. The van der Waals surface area contributed by atoms with Crippen LogP contribution in [-0.2, 0) is 16.0 Å². The number of hydrogen-bond acceptors (Lipinski definition) is 6. The van der Waals surface area contributed by atoms with Gasteiger partial charge >= 0.3 is 12.1 Å². The van der Waals surface area contributed by atoms with Crippen LogP contribution in [0.3, 0.4) is 0 Å². The van der Waals surface area contributed by atoms with Gasteiger partial charge < -0.3 is 15.2 Å². The van der Waals surface area contributed by atoms with E-state index in [1.165, 1.54) is 11.1 Å². The van der Waals surface area contributed by atoms with Gasteiger partial charge in [-0.3, -0.25) is 0 Å². The van der Waals surface area contributed by atoms with Crippen LogP contribution >= 0.6 is 0 Å². The molecular formula is C21H25F3N4O3. The number of aromatic nitrogens is 2. The van der Waals surface area contributed by atoms with Crippen LogP contribution in [0.25, 0.3) is 11.3 Å². The summed E-state index contributed by atoms with van der Waals surface area (Å²) in [7, 11) is 1.69. The molecular weight excluding hydrogens is 413 g/mol. The zero-order chi connectivity index (χ0) is 23.4. The van der Waals surface area contributed by atoms with Gasteiger partial charge in [-0.1, -0.05) is 12.1 Å². The van der Waals surface area contributed by atoms with Gasteiger partial charge in [-0.25, -0.2) is 14.8 Å². The first-order chi connectivity index (χ1) is 14.6. The summed E-state index contributed by atoms with van der Waals surface area (Å²) in [6.07, 6.45) is -3.31. The number of ether oxygens (including phenoxy) is 1. The Balaban J connectivity index is 0.000000592. The zero-order valence-electron chi connectivity index (χ0n) is 17.6. The molecule has 2 aromatic rings. The van der Waals surface area contributed by atoms with E-state index in [4.69, 9.17) is 14.6 Å². The van der Waals surface area contributed by atoms with Crippen molar-refractivity contribution in [2.45, 2.75) is 32.9 Å². The Morgan fingerprint density at radius 2 is 1.87 bits per heavy atom. The van der Waals surface area contributed by atoms with Gasteiger partial charge in [0.2, 0.25) is 5.82 Å². The molecule has 0 aliphatic carbocycles. The summed E-state index contributed by atoms with van der Waals surface area (Å²) in [6, 6.07) is 10.3. The Labute approximate surface area is 178 Å². The summed E-state index contributed by atoms with van der Waals surface area (Å²) in [6.45, 7) is 6.62. The number of nitriles is 1. The van der Waals surface area contributed by atoms with Gasteiger partial charge in [-0.2, -0.15) is 18.4 Å². The summed E-state index contributed by atoms with van der Waals surface area (Å²) < 4.78 is 36.7. The lowest BCUT2D eigenvalue weighted by Crippen LogP contribution is -2.21. The van der Waals surface area contributed by atoms with Crippen molar-refractivity contribution in [1.82, 2.24) is 15.3 Å². The second kappa shape index (κ2) is 12.6. The van der Waals surface area contributed by atoms with Crippen LogP contribution in [0.4, 0.5) is 13.2 Å². The Bertz CT molecular complexity index is 912. The van der Waals surface area contributed by atoms with Crippen molar-refractivity contribution in [3.63, 3.8) is 0 Å². The minimum Gasteiger partial charge on any atom is -0.475 e.